The average molecular weight is 404 g/mol. The highest BCUT2D eigenvalue weighted by Gasteiger charge is 2.24. The van der Waals surface area contributed by atoms with Gasteiger partial charge in [0.1, 0.15) is 11.5 Å². The number of halogens is 1. The topological polar surface area (TPSA) is 43.3 Å². The lowest BCUT2D eigenvalue weighted by Gasteiger charge is -2.13. The number of ether oxygens (including phenoxy) is 1. The third kappa shape index (κ3) is 3.68. The van der Waals surface area contributed by atoms with Crippen molar-refractivity contribution in [2.75, 3.05) is 13.2 Å². The van der Waals surface area contributed by atoms with Crippen molar-refractivity contribution in [3.05, 3.63) is 83.3 Å². The molecule has 0 atom stereocenters. The molecule has 0 aliphatic carbocycles. The zero-order chi connectivity index (χ0) is 21.1. The fourth-order valence-corrected chi connectivity index (χ4v) is 4.02. The highest BCUT2D eigenvalue weighted by molar-refractivity contribution is 5.99. The van der Waals surface area contributed by atoms with Crippen LogP contribution in [0.3, 0.4) is 0 Å². The van der Waals surface area contributed by atoms with Gasteiger partial charge in [0.25, 0.3) is 0 Å². The molecule has 30 heavy (non-hydrogen) atoms. The summed E-state index contributed by atoms with van der Waals surface area (Å²) in [5.41, 5.74) is 3.16. The standard InChI is InChI=1S/C25H25FN2O2/c1-3-27-15-22-21-14-19(26)12-13-23(21)28(24(22)25(29)30-4-2)16-18-10-7-9-17-8-5-6-11-20(17)18/h5-14,27H,3-4,15-16H2,1-2H3. The Balaban J connectivity index is 1.95. The van der Waals surface area contributed by atoms with E-state index in [0.717, 1.165) is 39.3 Å². The molecule has 4 aromatic rings. The van der Waals surface area contributed by atoms with Gasteiger partial charge in [-0.1, -0.05) is 49.4 Å². The Morgan fingerprint density at radius 2 is 1.83 bits per heavy atom. The van der Waals surface area contributed by atoms with Crippen LogP contribution in [0.2, 0.25) is 0 Å². The van der Waals surface area contributed by atoms with Gasteiger partial charge in [-0.2, -0.15) is 0 Å². The van der Waals surface area contributed by atoms with Crippen LogP contribution >= 0.6 is 0 Å². The number of fused-ring (bicyclic) bond motifs is 2. The molecule has 3 aromatic carbocycles. The molecule has 4 rings (SSSR count). The number of rotatable bonds is 7. The summed E-state index contributed by atoms with van der Waals surface area (Å²) in [6, 6.07) is 19.0. The van der Waals surface area contributed by atoms with Gasteiger partial charge in [-0.3, -0.25) is 0 Å². The Labute approximate surface area is 175 Å². The molecule has 1 heterocycles. The Hall–Kier alpha value is -3.18. The molecule has 0 unspecified atom stereocenters. The van der Waals surface area contributed by atoms with E-state index in [9.17, 15) is 9.18 Å². The molecule has 0 amide bonds. The van der Waals surface area contributed by atoms with Gasteiger partial charge >= 0.3 is 5.97 Å². The van der Waals surface area contributed by atoms with E-state index in [1.165, 1.54) is 12.1 Å². The van der Waals surface area contributed by atoms with Crippen LogP contribution in [0, 0.1) is 5.82 Å². The van der Waals surface area contributed by atoms with Crippen molar-refractivity contribution in [3.63, 3.8) is 0 Å². The Morgan fingerprint density at radius 3 is 2.63 bits per heavy atom. The van der Waals surface area contributed by atoms with Crippen LogP contribution in [0.1, 0.15) is 35.5 Å². The number of nitrogens with one attached hydrogen (secondary N) is 1. The molecule has 0 saturated carbocycles. The van der Waals surface area contributed by atoms with Gasteiger partial charge in [0.2, 0.25) is 0 Å². The van der Waals surface area contributed by atoms with E-state index in [2.05, 4.69) is 29.6 Å². The summed E-state index contributed by atoms with van der Waals surface area (Å²) in [5.74, 6) is -0.708. The quantitative estimate of drug-likeness (QED) is 0.427. The van der Waals surface area contributed by atoms with Crippen molar-refractivity contribution < 1.29 is 13.9 Å². The van der Waals surface area contributed by atoms with Crippen molar-refractivity contribution in [1.82, 2.24) is 9.88 Å². The van der Waals surface area contributed by atoms with Crippen molar-refractivity contribution in [2.24, 2.45) is 0 Å². The van der Waals surface area contributed by atoms with E-state index in [4.69, 9.17) is 4.74 Å². The molecule has 0 bridgehead atoms. The van der Waals surface area contributed by atoms with Crippen LogP contribution in [-0.2, 0) is 17.8 Å². The molecule has 0 aliphatic heterocycles. The minimum absolute atomic E-state index is 0.281. The van der Waals surface area contributed by atoms with E-state index in [-0.39, 0.29) is 18.4 Å². The summed E-state index contributed by atoms with van der Waals surface area (Å²) in [7, 11) is 0. The third-order valence-corrected chi connectivity index (χ3v) is 5.36. The van der Waals surface area contributed by atoms with Crippen molar-refractivity contribution in [2.45, 2.75) is 26.9 Å². The van der Waals surface area contributed by atoms with E-state index in [1.807, 2.05) is 29.7 Å². The second kappa shape index (κ2) is 8.67. The molecule has 0 radical (unpaired) electrons. The Bertz CT molecular complexity index is 1210. The molecule has 1 aromatic heterocycles. The van der Waals surface area contributed by atoms with Gasteiger partial charge in [-0.05, 0) is 48.0 Å². The monoisotopic (exact) mass is 404 g/mol. The second-order valence-corrected chi connectivity index (χ2v) is 7.21. The summed E-state index contributed by atoms with van der Waals surface area (Å²) in [6.07, 6.45) is 0. The van der Waals surface area contributed by atoms with Crippen LogP contribution in [-0.4, -0.2) is 23.7 Å². The first-order chi connectivity index (χ1) is 14.6. The maximum Gasteiger partial charge on any atom is 0.355 e. The van der Waals surface area contributed by atoms with Crippen LogP contribution in [0.5, 0.6) is 0 Å². The molecular weight excluding hydrogens is 379 g/mol. The zero-order valence-corrected chi connectivity index (χ0v) is 17.2. The number of carbonyl (C=O) groups is 1. The minimum atomic E-state index is -0.387. The first kappa shape index (κ1) is 20.1. The van der Waals surface area contributed by atoms with Gasteiger partial charge in [0.15, 0.2) is 0 Å². The molecule has 0 aliphatic rings. The summed E-state index contributed by atoms with van der Waals surface area (Å²) >= 11 is 0. The maximum atomic E-state index is 14.1. The number of hydrogen-bond acceptors (Lipinski definition) is 3. The maximum absolute atomic E-state index is 14.1. The van der Waals surface area contributed by atoms with E-state index < -0.39 is 0 Å². The average Bonchev–Trinajstić information content (AvgIpc) is 3.05. The van der Waals surface area contributed by atoms with Gasteiger partial charge in [0.05, 0.1) is 6.61 Å². The molecule has 0 saturated heterocycles. The predicted octanol–water partition coefficient (Wildman–Crippen LogP) is 5.27. The fourth-order valence-electron chi connectivity index (χ4n) is 4.02. The number of aromatic nitrogens is 1. The van der Waals surface area contributed by atoms with Crippen LogP contribution in [0.25, 0.3) is 21.7 Å². The minimum Gasteiger partial charge on any atom is -0.461 e. The number of hydrogen-bond donors (Lipinski definition) is 1. The largest absolute Gasteiger partial charge is 0.461 e. The van der Waals surface area contributed by atoms with Crippen molar-refractivity contribution in [3.8, 4) is 0 Å². The fraction of sp³-hybridized carbons (Fsp3) is 0.240. The first-order valence-corrected chi connectivity index (χ1v) is 10.3. The number of carbonyl (C=O) groups excluding carboxylic acids is 1. The number of esters is 1. The summed E-state index contributed by atoms with van der Waals surface area (Å²) in [6.45, 7) is 5.77. The second-order valence-electron chi connectivity index (χ2n) is 7.21. The molecule has 4 nitrogen and oxygen atoms in total. The van der Waals surface area contributed by atoms with Crippen molar-refractivity contribution >= 4 is 27.6 Å². The first-order valence-electron chi connectivity index (χ1n) is 10.3. The van der Waals surface area contributed by atoms with E-state index in [1.54, 1.807) is 13.0 Å². The number of nitrogens with zero attached hydrogens (tertiary/aromatic N) is 1. The third-order valence-electron chi connectivity index (χ3n) is 5.36. The molecule has 0 spiro atoms. The summed E-state index contributed by atoms with van der Waals surface area (Å²) in [4.78, 5) is 13.0. The Kier molecular flexibility index (Phi) is 5.81. The molecular formula is C25H25FN2O2. The van der Waals surface area contributed by atoms with Gasteiger partial charge in [-0.15, -0.1) is 0 Å². The molecule has 154 valence electrons. The lowest BCUT2D eigenvalue weighted by atomic mass is 10.0. The predicted molar refractivity (Wildman–Crippen MR) is 118 cm³/mol. The summed E-state index contributed by atoms with van der Waals surface area (Å²) < 4.78 is 21.5. The lowest BCUT2D eigenvalue weighted by molar-refractivity contribution is 0.0513. The Morgan fingerprint density at radius 1 is 1.03 bits per heavy atom. The van der Waals surface area contributed by atoms with Crippen LogP contribution < -0.4 is 5.32 Å². The van der Waals surface area contributed by atoms with Gasteiger partial charge in [0, 0.05) is 29.6 Å². The normalized spacial score (nSPS) is 11.3. The van der Waals surface area contributed by atoms with Crippen LogP contribution in [0.15, 0.2) is 60.7 Å². The van der Waals surface area contributed by atoms with Crippen molar-refractivity contribution in [1.29, 1.82) is 0 Å². The van der Waals surface area contributed by atoms with Gasteiger partial charge in [-0.25, -0.2) is 9.18 Å². The SMILES string of the molecule is CCNCc1c(C(=O)OCC)n(Cc2cccc3ccccc23)c2ccc(F)cc12. The highest BCUT2D eigenvalue weighted by Crippen LogP contribution is 2.30. The lowest BCUT2D eigenvalue weighted by Crippen LogP contribution is -2.18. The van der Waals surface area contributed by atoms with Gasteiger partial charge < -0.3 is 14.6 Å². The van der Waals surface area contributed by atoms with Crippen LogP contribution in [0.4, 0.5) is 4.39 Å². The smallest absolute Gasteiger partial charge is 0.355 e. The van der Waals surface area contributed by atoms with E-state index in [0.29, 0.717) is 18.8 Å². The number of benzene rings is 3. The summed E-state index contributed by atoms with van der Waals surface area (Å²) in [5, 5.41) is 6.29. The van der Waals surface area contributed by atoms with E-state index >= 15 is 0 Å². The molecule has 1 N–H and O–H groups in total. The molecule has 0 fully saturated rings. The highest BCUT2D eigenvalue weighted by atomic mass is 19.1. The zero-order valence-electron chi connectivity index (χ0n) is 17.2. The molecule has 5 heteroatoms.